The predicted molar refractivity (Wildman–Crippen MR) is 138 cm³/mol. The second-order valence-corrected chi connectivity index (χ2v) is 9.79. The number of hydrogen-bond donors (Lipinski definition) is 0. The van der Waals surface area contributed by atoms with Crippen molar-refractivity contribution in [2.24, 2.45) is 0 Å². The number of halogens is 6. The second-order valence-electron chi connectivity index (χ2n) is 9.79. The first-order valence-electron chi connectivity index (χ1n) is 12.5. The molecule has 2 aliphatic rings. The number of ketones is 1. The highest BCUT2D eigenvalue weighted by molar-refractivity contribution is 5.97. The van der Waals surface area contributed by atoms with Gasteiger partial charge in [0.2, 0.25) is 5.60 Å². The topological polar surface area (TPSA) is 71.1 Å². The molecule has 5 rings (SSSR count). The smallest absolute Gasteiger partial charge is 0.426 e. The molecule has 0 aromatic heterocycles. The van der Waals surface area contributed by atoms with Crippen molar-refractivity contribution < 1.29 is 54.9 Å². The number of methoxy groups -OCH3 is 2. The third-order valence-electron chi connectivity index (χ3n) is 7.36. The first-order valence-corrected chi connectivity index (χ1v) is 12.5. The molecule has 3 aromatic carbocycles. The third kappa shape index (κ3) is 5.02. The summed E-state index contributed by atoms with van der Waals surface area (Å²) in [6, 6.07) is 12.7. The van der Waals surface area contributed by atoms with Crippen molar-refractivity contribution in [1.82, 2.24) is 0 Å². The van der Waals surface area contributed by atoms with Gasteiger partial charge in [0.25, 0.3) is 0 Å². The molecule has 0 amide bonds. The fraction of sp³-hybridized carbons (Fsp3) is 0.333. The molecule has 6 nitrogen and oxygen atoms in total. The lowest BCUT2D eigenvalue weighted by Crippen LogP contribution is -2.43. The van der Waals surface area contributed by atoms with E-state index < -0.39 is 23.6 Å². The van der Waals surface area contributed by atoms with E-state index in [1.54, 1.807) is 6.07 Å². The minimum atomic E-state index is -4.67. The highest BCUT2D eigenvalue weighted by atomic mass is 19.4. The number of aldehydes is 1. The highest BCUT2D eigenvalue weighted by Crippen LogP contribution is 2.53. The molecule has 2 atom stereocenters. The van der Waals surface area contributed by atoms with Crippen LogP contribution < -0.4 is 9.47 Å². The van der Waals surface area contributed by atoms with Crippen molar-refractivity contribution in [3.63, 3.8) is 0 Å². The fourth-order valence-electron chi connectivity index (χ4n) is 5.09. The van der Waals surface area contributed by atoms with Crippen molar-refractivity contribution in [1.29, 1.82) is 0 Å². The van der Waals surface area contributed by atoms with Crippen LogP contribution in [0.25, 0.3) is 0 Å². The van der Waals surface area contributed by atoms with Crippen molar-refractivity contribution in [3.05, 3.63) is 93.5 Å². The lowest BCUT2D eigenvalue weighted by molar-refractivity contribution is -0.272. The van der Waals surface area contributed by atoms with Crippen molar-refractivity contribution >= 4 is 12.1 Å². The molecule has 0 saturated carbocycles. The van der Waals surface area contributed by atoms with Crippen molar-refractivity contribution in [3.8, 4) is 11.5 Å². The van der Waals surface area contributed by atoms with Gasteiger partial charge in [-0.3, -0.25) is 9.59 Å². The Labute approximate surface area is 237 Å². The van der Waals surface area contributed by atoms with Gasteiger partial charge in [-0.25, -0.2) is 0 Å². The van der Waals surface area contributed by atoms with Crippen LogP contribution in [0.5, 0.6) is 11.5 Å². The molecular weight excluding hydrogens is 570 g/mol. The Hall–Kier alpha value is -3.90. The van der Waals surface area contributed by atoms with Gasteiger partial charge in [0.15, 0.2) is 17.7 Å². The molecule has 2 aliphatic heterocycles. The lowest BCUT2D eigenvalue weighted by atomic mass is 9.84. The molecule has 224 valence electrons. The zero-order valence-electron chi connectivity index (χ0n) is 22.9. The Morgan fingerprint density at radius 2 is 1.40 bits per heavy atom. The van der Waals surface area contributed by atoms with E-state index in [0.29, 0.717) is 17.4 Å². The van der Waals surface area contributed by atoms with E-state index in [-0.39, 0.29) is 58.3 Å². The minimum absolute atomic E-state index is 0.0201. The maximum absolute atomic E-state index is 14.0. The van der Waals surface area contributed by atoms with Crippen LogP contribution in [0.2, 0.25) is 0 Å². The fourth-order valence-corrected chi connectivity index (χ4v) is 5.09. The quantitative estimate of drug-likeness (QED) is 0.179. The van der Waals surface area contributed by atoms with Gasteiger partial charge < -0.3 is 18.9 Å². The molecule has 0 aliphatic carbocycles. The Balaban J connectivity index is 0.000000197. The van der Waals surface area contributed by atoms with E-state index in [9.17, 15) is 35.9 Å². The number of benzene rings is 3. The largest absolute Gasteiger partial charge is 0.496 e. The number of carbonyl (C=O) groups is 2. The van der Waals surface area contributed by atoms with Gasteiger partial charge in [-0.05, 0) is 60.4 Å². The van der Waals surface area contributed by atoms with Crippen LogP contribution in [-0.4, -0.2) is 38.6 Å². The van der Waals surface area contributed by atoms with Crippen molar-refractivity contribution in [2.45, 2.75) is 50.6 Å². The maximum atomic E-state index is 14.0. The average Bonchev–Trinajstić information content (AvgIpc) is 3.50. The first-order chi connectivity index (χ1) is 19.6. The Bertz CT molecular complexity index is 1500. The molecule has 0 radical (unpaired) electrons. The van der Waals surface area contributed by atoms with Crippen LogP contribution >= 0.6 is 0 Å². The summed E-state index contributed by atoms with van der Waals surface area (Å²) in [6.07, 6.45) is -8.74. The molecule has 0 fully saturated rings. The summed E-state index contributed by atoms with van der Waals surface area (Å²) < 4.78 is 101. The van der Waals surface area contributed by atoms with Gasteiger partial charge in [0.05, 0.1) is 38.6 Å². The molecule has 0 saturated heterocycles. The van der Waals surface area contributed by atoms with Gasteiger partial charge >= 0.3 is 12.4 Å². The molecule has 2 heterocycles. The standard InChI is InChI=1S/C17H13F3O3.C13H13F3O3/c1-22-15-8-12-10-23-16(17(18,19)20,13-5-3-2-4-6-13)14(12)7-11(15)9-21;1-7(17)9-5-10-8(4-11(9)18-3)6-19-12(10,2)13(14,15)16/h2-9H,10H2,1H3;4-5H,6H2,1-3H3. The summed E-state index contributed by atoms with van der Waals surface area (Å²) in [5.41, 5.74) is -4.14. The zero-order chi connectivity index (χ0) is 31.1. The van der Waals surface area contributed by atoms with Crippen LogP contribution in [0, 0.1) is 0 Å². The third-order valence-corrected chi connectivity index (χ3v) is 7.36. The number of Topliss-reactive ketones (excluding diaryl/α,β-unsaturated/α-hetero) is 1. The van der Waals surface area contributed by atoms with E-state index in [0.717, 1.165) is 6.92 Å². The Morgan fingerprint density at radius 3 is 1.93 bits per heavy atom. The van der Waals surface area contributed by atoms with Crippen LogP contribution in [0.15, 0.2) is 54.6 Å². The van der Waals surface area contributed by atoms with Gasteiger partial charge in [-0.2, -0.15) is 26.3 Å². The maximum Gasteiger partial charge on any atom is 0.426 e. The number of carbonyl (C=O) groups excluding carboxylic acids is 2. The van der Waals surface area contributed by atoms with Gasteiger partial charge in [0.1, 0.15) is 11.5 Å². The second kappa shape index (κ2) is 11.1. The lowest BCUT2D eigenvalue weighted by Gasteiger charge is -2.32. The Morgan fingerprint density at radius 1 is 0.833 bits per heavy atom. The number of alkyl halides is 6. The van der Waals surface area contributed by atoms with Crippen LogP contribution in [0.3, 0.4) is 0 Å². The van der Waals surface area contributed by atoms with E-state index in [4.69, 9.17) is 18.9 Å². The normalized spacial score (nSPS) is 21.1. The number of ether oxygens (including phenoxy) is 4. The number of rotatable bonds is 5. The van der Waals surface area contributed by atoms with E-state index in [2.05, 4.69) is 0 Å². The monoisotopic (exact) mass is 596 g/mol. The summed E-state index contributed by atoms with van der Waals surface area (Å²) in [5, 5.41) is 0. The van der Waals surface area contributed by atoms with Crippen LogP contribution in [-0.2, 0) is 33.9 Å². The molecule has 0 spiro atoms. The predicted octanol–water partition coefficient (Wildman–Crippen LogP) is 7.05. The number of hydrogen-bond acceptors (Lipinski definition) is 6. The SMILES string of the molecule is COc1cc2c(cc1C(C)=O)C(C)(C(F)(F)F)OC2.COc1cc2c(cc1C=O)C(c1ccccc1)(C(F)(F)F)OC2. The Kier molecular flexibility index (Phi) is 8.18. The van der Waals surface area contributed by atoms with Crippen molar-refractivity contribution in [2.75, 3.05) is 14.2 Å². The molecule has 3 aromatic rings. The molecule has 0 bridgehead atoms. The van der Waals surface area contributed by atoms with E-state index in [1.165, 1.54) is 69.7 Å². The molecule has 42 heavy (non-hydrogen) atoms. The molecular formula is C30H26F6O6. The van der Waals surface area contributed by atoms with Crippen LogP contribution in [0.1, 0.15) is 62.4 Å². The average molecular weight is 597 g/mol. The number of fused-ring (bicyclic) bond motifs is 2. The summed E-state index contributed by atoms with van der Waals surface area (Å²) in [5.74, 6) is 0.144. The summed E-state index contributed by atoms with van der Waals surface area (Å²) in [6.45, 7) is 1.89. The van der Waals surface area contributed by atoms with Crippen LogP contribution in [0.4, 0.5) is 26.3 Å². The summed E-state index contributed by atoms with van der Waals surface area (Å²) >= 11 is 0. The van der Waals surface area contributed by atoms with Gasteiger partial charge in [-0.1, -0.05) is 30.3 Å². The zero-order valence-corrected chi connectivity index (χ0v) is 22.9. The minimum Gasteiger partial charge on any atom is -0.496 e. The first kappa shape index (κ1) is 31.0. The van der Waals surface area contributed by atoms with E-state index in [1.807, 2.05) is 0 Å². The van der Waals surface area contributed by atoms with Gasteiger partial charge in [-0.15, -0.1) is 0 Å². The summed E-state index contributed by atoms with van der Waals surface area (Å²) in [4.78, 5) is 22.7. The summed E-state index contributed by atoms with van der Waals surface area (Å²) in [7, 11) is 2.73. The van der Waals surface area contributed by atoms with Gasteiger partial charge in [0, 0.05) is 5.56 Å². The molecule has 0 N–H and O–H groups in total. The molecule has 2 unspecified atom stereocenters. The van der Waals surface area contributed by atoms with E-state index >= 15 is 0 Å². The highest BCUT2D eigenvalue weighted by Gasteiger charge is 2.62. The molecule has 12 heteroatoms.